The number of fused-ring (bicyclic) bond motifs is 7. The molecule has 0 spiro atoms. The Morgan fingerprint density at radius 2 is 1.76 bits per heavy atom. The zero-order valence-corrected chi connectivity index (χ0v) is 24.3. The van der Waals surface area contributed by atoms with Crippen LogP contribution in [0.15, 0.2) is 23.0 Å². The lowest BCUT2D eigenvalue weighted by Crippen LogP contribution is -2.66. The molecule has 6 aliphatic rings. The van der Waals surface area contributed by atoms with Crippen molar-refractivity contribution in [2.75, 3.05) is 13.1 Å². The molecule has 5 heteroatoms. The van der Waals surface area contributed by atoms with E-state index < -0.39 is 0 Å². The number of allylic oxidation sites excluding steroid dienone is 4. The Kier molecular flexibility index (Phi) is 5.49. The molecule has 4 fully saturated rings. The van der Waals surface area contributed by atoms with Gasteiger partial charge in [0.1, 0.15) is 5.76 Å². The highest BCUT2D eigenvalue weighted by Gasteiger charge is 2.69. The highest BCUT2D eigenvalue weighted by atomic mass is 16.3. The molecule has 1 amide bonds. The number of rotatable bonds is 2. The Labute approximate surface area is 228 Å². The third-order valence-corrected chi connectivity index (χ3v) is 13.4. The zero-order valence-electron chi connectivity index (χ0n) is 24.3. The van der Waals surface area contributed by atoms with Gasteiger partial charge >= 0.3 is 0 Å². The summed E-state index contributed by atoms with van der Waals surface area (Å²) >= 11 is 0. The molecule has 0 aromatic rings. The Bertz CT molecular complexity index is 1210. The maximum Gasteiger partial charge on any atom is 0.224 e. The van der Waals surface area contributed by atoms with E-state index in [1.54, 1.807) is 0 Å². The first-order chi connectivity index (χ1) is 17.7. The SMILES string of the molecule is C[C@@H]1C(O)=C(C#N)C[C@]2(C)C3=CC(=O)[C@@H]4[C@@H]5CC(C)(C)CC[C@]5(CN5CCC5=O)CC[C@@]4(C)[C@]3(C)CC[C@@H]12. The lowest BCUT2D eigenvalue weighted by atomic mass is 9.34. The van der Waals surface area contributed by atoms with Crippen LogP contribution in [0.1, 0.15) is 99.3 Å². The maximum atomic E-state index is 14.5. The predicted octanol–water partition coefficient (Wildman–Crippen LogP) is 6.75. The van der Waals surface area contributed by atoms with Gasteiger partial charge in [0.25, 0.3) is 0 Å². The molecule has 0 unspecified atom stereocenters. The van der Waals surface area contributed by atoms with Gasteiger partial charge in [0, 0.05) is 31.3 Å². The fourth-order valence-corrected chi connectivity index (χ4v) is 10.8. The van der Waals surface area contributed by atoms with Gasteiger partial charge in [0.05, 0.1) is 11.6 Å². The fraction of sp³-hybridized carbons (Fsp3) is 0.788. The molecule has 1 N–H and O–H groups in total. The predicted molar refractivity (Wildman–Crippen MR) is 147 cm³/mol. The molecule has 6 rings (SSSR count). The number of β-lactam (4-membered cyclic amide) rings is 1. The van der Waals surface area contributed by atoms with Gasteiger partial charge in [0.2, 0.25) is 5.91 Å². The number of hydrogen-bond acceptors (Lipinski definition) is 4. The third kappa shape index (κ3) is 3.21. The Hall–Kier alpha value is -2.09. The number of nitriles is 1. The molecule has 0 bridgehead atoms. The van der Waals surface area contributed by atoms with Crippen molar-refractivity contribution in [1.82, 2.24) is 4.90 Å². The lowest BCUT2D eigenvalue weighted by Gasteiger charge is -2.69. The van der Waals surface area contributed by atoms with Gasteiger partial charge in [-0.1, -0.05) is 47.1 Å². The first-order valence-corrected chi connectivity index (χ1v) is 15.1. The van der Waals surface area contributed by atoms with Gasteiger partial charge in [-0.3, -0.25) is 9.59 Å². The number of carbonyl (C=O) groups is 2. The number of ketones is 1. The van der Waals surface area contributed by atoms with Gasteiger partial charge < -0.3 is 10.0 Å². The molecule has 206 valence electrons. The van der Waals surface area contributed by atoms with Crippen LogP contribution in [-0.4, -0.2) is 34.8 Å². The van der Waals surface area contributed by atoms with Gasteiger partial charge in [-0.2, -0.15) is 5.26 Å². The first-order valence-electron chi connectivity index (χ1n) is 15.1. The van der Waals surface area contributed by atoms with Gasteiger partial charge in [-0.15, -0.1) is 0 Å². The van der Waals surface area contributed by atoms with E-state index >= 15 is 0 Å². The molecular formula is C33H46N2O3. The molecule has 1 aliphatic heterocycles. The number of hydrogen-bond donors (Lipinski definition) is 1. The van der Waals surface area contributed by atoms with Crippen molar-refractivity contribution in [3.8, 4) is 6.07 Å². The van der Waals surface area contributed by atoms with E-state index in [1.165, 1.54) is 5.57 Å². The highest BCUT2D eigenvalue weighted by Crippen LogP contribution is 2.74. The zero-order chi connectivity index (χ0) is 27.5. The number of aliphatic hydroxyl groups is 1. The lowest BCUT2D eigenvalue weighted by molar-refractivity contribution is -0.178. The number of likely N-dealkylation sites (tertiary alicyclic amines) is 1. The van der Waals surface area contributed by atoms with Crippen molar-refractivity contribution < 1.29 is 14.7 Å². The molecule has 3 saturated carbocycles. The fourth-order valence-electron chi connectivity index (χ4n) is 10.8. The van der Waals surface area contributed by atoms with Crippen molar-refractivity contribution in [2.24, 2.45) is 50.7 Å². The summed E-state index contributed by atoms with van der Waals surface area (Å²) in [7, 11) is 0. The van der Waals surface area contributed by atoms with Gasteiger partial charge in [-0.05, 0) is 96.4 Å². The van der Waals surface area contributed by atoms with Gasteiger partial charge in [0.15, 0.2) is 5.78 Å². The van der Waals surface area contributed by atoms with Crippen LogP contribution >= 0.6 is 0 Å². The monoisotopic (exact) mass is 518 g/mol. The van der Waals surface area contributed by atoms with Crippen molar-refractivity contribution >= 4 is 11.7 Å². The maximum absolute atomic E-state index is 14.5. The second-order valence-electron chi connectivity index (χ2n) is 15.6. The molecule has 8 atom stereocenters. The van der Waals surface area contributed by atoms with Gasteiger partial charge in [-0.25, -0.2) is 0 Å². The summed E-state index contributed by atoms with van der Waals surface area (Å²) in [5.41, 5.74) is 1.41. The van der Waals surface area contributed by atoms with Crippen LogP contribution in [0.25, 0.3) is 0 Å². The first kappa shape index (κ1) is 26.1. The van der Waals surface area contributed by atoms with Crippen molar-refractivity contribution in [1.29, 1.82) is 5.26 Å². The summed E-state index contributed by atoms with van der Waals surface area (Å²) < 4.78 is 0. The number of amides is 1. The van der Waals surface area contributed by atoms with Crippen molar-refractivity contribution in [2.45, 2.75) is 99.3 Å². The third-order valence-electron chi connectivity index (χ3n) is 13.4. The molecule has 0 aromatic carbocycles. The average molecular weight is 519 g/mol. The van der Waals surface area contributed by atoms with E-state index in [0.29, 0.717) is 18.4 Å². The Morgan fingerprint density at radius 1 is 1.05 bits per heavy atom. The molecule has 5 aliphatic carbocycles. The molecule has 5 nitrogen and oxygen atoms in total. The smallest absolute Gasteiger partial charge is 0.224 e. The minimum atomic E-state index is -0.294. The molecule has 1 heterocycles. The molecule has 0 aromatic heterocycles. The number of carbonyl (C=O) groups excluding carboxylic acids is 2. The van der Waals surface area contributed by atoms with Crippen LogP contribution < -0.4 is 0 Å². The van der Waals surface area contributed by atoms with E-state index in [-0.39, 0.29) is 68.2 Å². The van der Waals surface area contributed by atoms with E-state index in [2.05, 4.69) is 52.5 Å². The second kappa shape index (κ2) is 7.98. The summed E-state index contributed by atoms with van der Waals surface area (Å²) in [5.74, 6) is 1.26. The van der Waals surface area contributed by atoms with Crippen LogP contribution in [0.2, 0.25) is 0 Å². The van der Waals surface area contributed by atoms with Crippen molar-refractivity contribution in [3.05, 3.63) is 23.0 Å². The number of nitrogens with zero attached hydrogens (tertiary/aromatic N) is 2. The Balaban J connectivity index is 1.46. The summed E-state index contributed by atoms with van der Waals surface area (Å²) in [6.45, 7) is 15.6. The van der Waals surface area contributed by atoms with Crippen LogP contribution in [0.5, 0.6) is 0 Å². The topological polar surface area (TPSA) is 81.4 Å². The largest absolute Gasteiger partial charge is 0.511 e. The van der Waals surface area contributed by atoms with Crippen LogP contribution in [0.3, 0.4) is 0 Å². The summed E-state index contributed by atoms with van der Waals surface area (Å²) in [6.07, 6.45) is 10.7. The van der Waals surface area contributed by atoms with Crippen LogP contribution in [0, 0.1) is 62.1 Å². The van der Waals surface area contributed by atoms with E-state index in [4.69, 9.17) is 0 Å². The minimum Gasteiger partial charge on any atom is -0.511 e. The molecule has 0 radical (unpaired) electrons. The normalized spacial score (nSPS) is 47.6. The standard InChI is InChI=1S/C33H46N2O3/c1-20-22-7-9-31(5)25(30(22,4)16-21(18-34)28(20)38)15-24(36)27-23-17-29(2,3)10-12-33(23,13-11-32(27,31)6)19-35-14-8-26(35)37/h15,20,22-23,27,38H,7-14,16-17,19H2,1-6H3/t20-,22-,23-,27-,30-,31+,32+,33+/m0/s1. The quantitative estimate of drug-likeness (QED) is 0.410. The van der Waals surface area contributed by atoms with Crippen molar-refractivity contribution in [3.63, 3.8) is 0 Å². The molecular weight excluding hydrogens is 472 g/mol. The minimum absolute atomic E-state index is 0.0264. The molecule has 38 heavy (non-hydrogen) atoms. The summed E-state index contributed by atoms with van der Waals surface area (Å²) in [4.78, 5) is 29.0. The highest BCUT2D eigenvalue weighted by molar-refractivity contribution is 5.95. The summed E-state index contributed by atoms with van der Waals surface area (Å²) in [6, 6.07) is 2.30. The van der Waals surface area contributed by atoms with E-state index in [1.807, 2.05) is 6.08 Å². The van der Waals surface area contributed by atoms with E-state index in [0.717, 1.165) is 58.0 Å². The second-order valence-corrected chi connectivity index (χ2v) is 15.6. The average Bonchev–Trinajstić information content (AvgIpc) is 2.85. The molecule has 1 saturated heterocycles. The van der Waals surface area contributed by atoms with Crippen LogP contribution in [-0.2, 0) is 9.59 Å². The van der Waals surface area contributed by atoms with Crippen LogP contribution in [0.4, 0.5) is 0 Å². The van der Waals surface area contributed by atoms with E-state index in [9.17, 15) is 20.0 Å². The number of aliphatic hydroxyl groups excluding tert-OH is 1. The Morgan fingerprint density at radius 3 is 2.39 bits per heavy atom. The summed E-state index contributed by atoms with van der Waals surface area (Å²) in [5, 5.41) is 20.7.